The number of aliphatic hydroxyl groups excluding tert-OH is 1. The number of hydrogen-bond acceptors (Lipinski definition) is 7. The van der Waals surface area contributed by atoms with Gasteiger partial charge in [0.25, 0.3) is 0 Å². The number of thiol groups is 1. The number of para-hydroxylation sites is 1. The first-order valence-corrected chi connectivity index (χ1v) is 9.63. The van der Waals surface area contributed by atoms with Crippen LogP contribution in [0, 0.1) is 0 Å². The topological polar surface area (TPSA) is 67.8 Å². The largest absolute Gasteiger partial charge is 0.461 e. The molecule has 0 amide bonds. The third-order valence-corrected chi connectivity index (χ3v) is 5.67. The van der Waals surface area contributed by atoms with Crippen molar-refractivity contribution in [2.45, 2.75) is 19.6 Å². The number of carbonyl (C=O) groups is 1. The van der Waals surface area contributed by atoms with E-state index in [0.29, 0.717) is 11.3 Å². The first-order valence-electron chi connectivity index (χ1n) is 8.82. The van der Waals surface area contributed by atoms with Crippen molar-refractivity contribution >= 4 is 41.7 Å². The summed E-state index contributed by atoms with van der Waals surface area (Å²) in [7, 11) is 0. The summed E-state index contributed by atoms with van der Waals surface area (Å²) in [6.07, 6.45) is 0. The highest BCUT2D eigenvalue weighted by atomic mass is 32.1. The fourth-order valence-electron chi connectivity index (χ4n) is 3.58. The highest BCUT2D eigenvalue weighted by molar-refractivity contribution is 7.80. The Morgan fingerprint density at radius 3 is 2.86 bits per heavy atom. The van der Waals surface area contributed by atoms with Crippen LogP contribution in [0.15, 0.2) is 59.8 Å². The zero-order chi connectivity index (χ0) is 19.9. The van der Waals surface area contributed by atoms with Crippen molar-refractivity contribution in [3.8, 4) is 5.75 Å². The van der Waals surface area contributed by atoms with Crippen LogP contribution in [-0.2, 0) is 16.1 Å². The highest BCUT2D eigenvalue weighted by Gasteiger charge is 2.56. The minimum atomic E-state index is -0.514. The van der Waals surface area contributed by atoms with E-state index in [1.54, 1.807) is 6.92 Å². The number of carbonyl (C=O) groups excluding carboxylic acids is 1. The Hall–Kier alpha value is -2.39. The highest BCUT2D eigenvalue weighted by Crippen LogP contribution is 2.51. The van der Waals surface area contributed by atoms with Crippen LogP contribution in [0.1, 0.15) is 24.1 Å². The zero-order valence-corrected chi connectivity index (χ0v) is 16.8. The van der Waals surface area contributed by atoms with Crippen molar-refractivity contribution in [3.63, 3.8) is 0 Å². The molecule has 144 valence electrons. The van der Waals surface area contributed by atoms with Gasteiger partial charge in [-0.1, -0.05) is 24.3 Å². The van der Waals surface area contributed by atoms with Crippen molar-refractivity contribution in [2.24, 2.45) is 0 Å². The van der Waals surface area contributed by atoms with Gasteiger partial charge in [0, 0.05) is 12.1 Å². The van der Waals surface area contributed by atoms with Crippen molar-refractivity contribution in [1.29, 1.82) is 0 Å². The van der Waals surface area contributed by atoms with E-state index in [9.17, 15) is 9.90 Å². The van der Waals surface area contributed by atoms with Crippen LogP contribution in [0.4, 0.5) is 5.69 Å². The zero-order valence-electron chi connectivity index (χ0n) is 15.1. The van der Waals surface area contributed by atoms with Crippen molar-refractivity contribution in [1.82, 2.24) is 9.42 Å². The maximum atomic E-state index is 12.7. The molecule has 0 spiro atoms. The van der Waals surface area contributed by atoms with Crippen molar-refractivity contribution < 1.29 is 19.4 Å². The molecule has 0 bridgehead atoms. The van der Waals surface area contributed by atoms with Crippen LogP contribution in [-0.4, -0.2) is 22.7 Å². The van der Waals surface area contributed by atoms with Gasteiger partial charge in [0.05, 0.1) is 31.6 Å². The Labute approximate surface area is 173 Å². The summed E-state index contributed by atoms with van der Waals surface area (Å²) >= 11 is 10.4. The molecule has 8 heteroatoms. The average Bonchev–Trinajstić information content (AvgIpc) is 3.04. The van der Waals surface area contributed by atoms with Crippen LogP contribution in [0.3, 0.4) is 0 Å². The minimum Gasteiger partial charge on any atom is -0.461 e. The minimum absolute atomic E-state index is 0.102. The van der Waals surface area contributed by atoms with E-state index in [4.69, 9.17) is 34.5 Å². The number of ether oxygens (including phenoxy) is 2. The molecule has 2 aromatic rings. The van der Waals surface area contributed by atoms with Gasteiger partial charge in [0.1, 0.15) is 11.3 Å². The number of nitrogens with zero attached hydrogens (tertiary/aromatic N) is 1. The molecule has 0 aromatic heterocycles. The smallest absolute Gasteiger partial charge is 0.360 e. The second-order valence-corrected chi connectivity index (χ2v) is 7.47. The SMILES string of the molecule is CCOC(=O)C1=C2C(=S)Oc3ccccc3C2[N+](S)(c2cccc(CO)c2)N1. The van der Waals surface area contributed by atoms with Crippen LogP contribution in [0.5, 0.6) is 5.75 Å². The van der Waals surface area contributed by atoms with Gasteiger partial charge < -0.3 is 14.6 Å². The van der Waals surface area contributed by atoms with Gasteiger partial charge in [-0.2, -0.15) is 0 Å². The lowest BCUT2D eigenvalue weighted by Crippen LogP contribution is -2.50. The second-order valence-electron chi connectivity index (χ2n) is 6.46. The van der Waals surface area contributed by atoms with E-state index in [-0.39, 0.29) is 28.0 Å². The Balaban J connectivity index is 1.93. The number of hydrogen-bond donors (Lipinski definition) is 3. The maximum Gasteiger partial charge on any atom is 0.360 e. The van der Waals surface area contributed by atoms with Gasteiger partial charge in [0.2, 0.25) is 5.05 Å². The maximum absolute atomic E-state index is 12.7. The van der Waals surface area contributed by atoms with Crippen LogP contribution in [0.25, 0.3) is 0 Å². The van der Waals surface area contributed by atoms with Crippen molar-refractivity contribution in [3.05, 3.63) is 70.9 Å². The molecule has 0 radical (unpaired) electrons. The van der Waals surface area contributed by atoms with E-state index in [0.717, 1.165) is 16.8 Å². The predicted octanol–water partition coefficient (Wildman–Crippen LogP) is 3.13. The average molecular weight is 416 g/mol. The van der Waals surface area contributed by atoms with Gasteiger partial charge in [-0.25, -0.2) is 10.2 Å². The monoisotopic (exact) mass is 415 g/mol. The first kappa shape index (κ1) is 18.9. The molecule has 0 saturated heterocycles. The molecular formula is C20H19N2O4S2+. The summed E-state index contributed by atoms with van der Waals surface area (Å²) in [5, 5.41) is 9.77. The Morgan fingerprint density at radius 1 is 1.32 bits per heavy atom. The molecule has 2 unspecified atom stereocenters. The molecule has 2 aliphatic heterocycles. The van der Waals surface area contributed by atoms with E-state index >= 15 is 0 Å². The van der Waals surface area contributed by atoms with Crippen molar-refractivity contribution in [2.75, 3.05) is 6.61 Å². The third-order valence-electron chi connectivity index (χ3n) is 4.80. The normalized spacial score (nSPS) is 22.8. The van der Waals surface area contributed by atoms with E-state index in [1.165, 1.54) is 0 Å². The molecule has 28 heavy (non-hydrogen) atoms. The number of fused-ring (bicyclic) bond motifs is 3. The van der Waals surface area contributed by atoms with E-state index in [2.05, 4.69) is 5.43 Å². The lowest BCUT2D eigenvalue weighted by atomic mass is 9.94. The standard InChI is InChI=1S/C20H18N2O4S2/c1-2-25-19(24)17-16-18(14-8-3-4-9-15(14)26-20(16)27)22(28,21-17)13-7-5-6-12(10-13)11-23/h3-10,18,23,28H,2,11H2,1H3/p+1. The first-order chi connectivity index (χ1) is 13.5. The van der Waals surface area contributed by atoms with Gasteiger partial charge in [-0.15, -0.1) is 4.00 Å². The lowest BCUT2D eigenvalue weighted by Gasteiger charge is -2.35. The number of thiocarbonyl (C=S) groups is 1. The van der Waals surface area contributed by atoms with Crippen LogP contribution >= 0.6 is 25.0 Å². The lowest BCUT2D eigenvalue weighted by molar-refractivity contribution is -0.139. The molecule has 0 fully saturated rings. The van der Waals surface area contributed by atoms with E-state index in [1.807, 2.05) is 48.5 Å². The quantitative estimate of drug-likeness (QED) is 0.309. The summed E-state index contributed by atoms with van der Waals surface area (Å²) in [5.74, 6) is 0.114. The number of quaternary nitrogens is 1. The number of benzene rings is 2. The van der Waals surface area contributed by atoms with Crippen LogP contribution in [0.2, 0.25) is 0 Å². The molecule has 4 rings (SSSR count). The van der Waals surface area contributed by atoms with Gasteiger partial charge in [-0.05, 0) is 36.8 Å². The number of nitrogens with one attached hydrogen (secondary N) is 1. The third kappa shape index (κ3) is 2.89. The Morgan fingerprint density at radius 2 is 2.11 bits per heavy atom. The number of rotatable bonds is 4. The predicted molar refractivity (Wildman–Crippen MR) is 112 cm³/mol. The summed E-state index contributed by atoms with van der Waals surface area (Å²) in [4.78, 5) is 12.7. The van der Waals surface area contributed by atoms with Gasteiger partial charge in [-0.3, -0.25) is 0 Å². The summed E-state index contributed by atoms with van der Waals surface area (Å²) in [6.45, 7) is 1.88. The molecule has 2 N–H and O–H groups in total. The molecule has 0 saturated carbocycles. The van der Waals surface area contributed by atoms with Gasteiger partial charge >= 0.3 is 5.97 Å². The molecule has 2 aromatic carbocycles. The van der Waals surface area contributed by atoms with Crippen LogP contribution < -0.4 is 14.2 Å². The summed E-state index contributed by atoms with van der Waals surface area (Å²) < 4.78 is 10.9. The fraction of sp³-hybridized carbons (Fsp3) is 0.200. The molecule has 6 nitrogen and oxygen atoms in total. The molecule has 2 atom stereocenters. The molecule has 2 heterocycles. The fourth-order valence-corrected chi connectivity index (χ4v) is 4.35. The molecule has 0 aliphatic carbocycles. The molecular weight excluding hydrogens is 396 g/mol. The number of esters is 1. The summed E-state index contributed by atoms with van der Waals surface area (Å²) in [5.41, 5.74) is 6.29. The molecule has 2 aliphatic rings. The second kappa shape index (κ2) is 7.21. The summed E-state index contributed by atoms with van der Waals surface area (Å²) in [6, 6.07) is 14.5. The van der Waals surface area contributed by atoms with Gasteiger partial charge in [0.15, 0.2) is 17.4 Å². The Kier molecular flexibility index (Phi) is 4.88. The number of aliphatic hydroxyl groups is 1. The van der Waals surface area contributed by atoms with E-state index < -0.39 is 12.0 Å². The Bertz CT molecular complexity index is 1010.